The predicted octanol–water partition coefficient (Wildman–Crippen LogP) is 4.38. The molecule has 0 aliphatic rings. The Hall–Kier alpha value is -1.55. The quantitative estimate of drug-likeness (QED) is 0.759. The van der Waals surface area contributed by atoms with E-state index in [-0.39, 0.29) is 12.5 Å². The first-order chi connectivity index (χ1) is 11.0. The Morgan fingerprint density at radius 3 is 2.43 bits per heavy atom. The molecule has 0 heterocycles. The topological polar surface area (TPSA) is 41.1 Å². The molecular weight excluding hydrogens is 331 g/mol. The maximum absolute atomic E-state index is 12.0. The second kappa shape index (κ2) is 8.34. The number of anilines is 1. The molecule has 5 heteroatoms. The highest BCUT2D eigenvalue weighted by molar-refractivity contribution is 6.35. The molecule has 1 amide bonds. The number of hydrogen-bond acceptors (Lipinski definition) is 2. The molecule has 0 aliphatic heterocycles. The van der Waals surface area contributed by atoms with Gasteiger partial charge in [0.15, 0.2) is 0 Å². The van der Waals surface area contributed by atoms with Gasteiger partial charge in [-0.3, -0.25) is 4.79 Å². The third kappa shape index (κ3) is 5.24. The Kier molecular flexibility index (Phi) is 6.46. The van der Waals surface area contributed by atoms with Crippen molar-refractivity contribution in [3.05, 3.63) is 63.1 Å². The molecule has 0 saturated carbocycles. The molecule has 0 bridgehead atoms. The molecule has 2 aromatic carbocycles. The van der Waals surface area contributed by atoms with Crippen molar-refractivity contribution in [2.45, 2.75) is 20.3 Å². The highest BCUT2D eigenvalue weighted by atomic mass is 35.5. The molecule has 0 spiro atoms. The highest BCUT2D eigenvalue weighted by Gasteiger charge is 2.07. The van der Waals surface area contributed by atoms with Crippen molar-refractivity contribution >= 4 is 34.8 Å². The van der Waals surface area contributed by atoms with Crippen LogP contribution in [0.3, 0.4) is 0 Å². The summed E-state index contributed by atoms with van der Waals surface area (Å²) in [5, 5.41) is 7.36. The molecule has 0 aliphatic carbocycles. The molecule has 0 fully saturated rings. The smallest absolute Gasteiger partial charge is 0.238 e. The number of carbonyl (C=O) groups excluding carboxylic acids is 1. The zero-order valence-corrected chi connectivity index (χ0v) is 14.8. The summed E-state index contributed by atoms with van der Waals surface area (Å²) in [6.45, 7) is 4.90. The lowest BCUT2D eigenvalue weighted by Gasteiger charge is -2.12. The van der Waals surface area contributed by atoms with Crippen molar-refractivity contribution in [2.24, 2.45) is 0 Å². The molecule has 0 atom stereocenters. The molecule has 2 rings (SSSR count). The highest BCUT2D eigenvalue weighted by Crippen LogP contribution is 2.21. The van der Waals surface area contributed by atoms with Crippen molar-refractivity contribution < 1.29 is 4.79 Å². The van der Waals surface area contributed by atoms with Crippen LogP contribution in [0.15, 0.2) is 36.4 Å². The average molecular weight is 351 g/mol. The number of halogens is 2. The lowest BCUT2D eigenvalue weighted by atomic mass is 10.1. The summed E-state index contributed by atoms with van der Waals surface area (Å²) in [4.78, 5) is 12.0. The maximum atomic E-state index is 12.0. The third-order valence-electron chi connectivity index (χ3n) is 3.62. The van der Waals surface area contributed by atoms with E-state index in [1.165, 1.54) is 0 Å². The third-order valence-corrected chi connectivity index (χ3v) is 4.20. The van der Waals surface area contributed by atoms with Crippen LogP contribution in [-0.4, -0.2) is 19.0 Å². The lowest BCUT2D eigenvalue weighted by molar-refractivity contribution is -0.115. The van der Waals surface area contributed by atoms with Gasteiger partial charge in [-0.1, -0.05) is 47.5 Å². The van der Waals surface area contributed by atoms with Crippen molar-refractivity contribution in [1.82, 2.24) is 5.32 Å². The molecule has 2 N–H and O–H groups in total. The first-order valence-electron chi connectivity index (χ1n) is 7.48. The molecule has 0 radical (unpaired) electrons. The fraction of sp³-hybridized carbons (Fsp3) is 0.278. The maximum Gasteiger partial charge on any atom is 0.238 e. The van der Waals surface area contributed by atoms with Crippen molar-refractivity contribution in [1.29, 1.82) is 0 Å². The summed E-state index contributed by atoms with van der Waals surface area (Å²) in [5.74, 6) is -0.0513. The van der Waals surface area contributed by atoms with Gasteiger partial charge in [0.25, 0.3) is 0 Å². The number of nitrogens with one attached hydrogen (secondary N) is 2. The summed E-state index contributed by atoms with van der Waals surface area (Å²) < 4.78 is 0. The lowest BCUT2D eigenvalue weighted by Crippen LogP contribution is -2.30. The van der Waals surface area contributed by atoms with Crippen molar-refractivity contribution in [2.75, 3.05) is 18.4 Å². The number of amides is 1. The SMILES string of the molecule is Cc1cccc(C)c1NC(=O)CNCCc1ccc(Cl)cc1Cl. The molecule has 122 valence electrons. The van der Waals surface area contributed by atoms with Gasteiger partial charge >= 0.3 is 0 Å². The van der Waals surface area contributed by atoms with Gasteiger partial charge in [0.1, 0.15) is 0 Å². The Bertz CT molecular complexity index is 681. The second-order valence-corrected chi connectivity index (χ2v) is 6.32. The van der Waals surface area contributed by atoms with Crippen molar-refractivity contribution in [3.8, 4) is 0 Å². The van der Waals surface area contributed by atoms with Crippen molar-refractivity contribution in [3.63, 3.8) is 0 Å². The van der Waals surface area contributed by atoms with Crippen LogP contribution in [0, 0.1) is 13.8 Å². The summed E-state index contributed by atoms with van der Waals surface area (Å²) in [6.07, 6.45) is 0.743. The molecule has 0 unspecified atom stereocenters. The normalized spacial score (nSPS) is 10.6. The zero-order valence-electron chi connectivity index (χ0n) is 13.2. The molecule has 23 heavy (non-hydrogen) atoms. The Balaban J connectivity index is 1.79. The summed E-state index contributed by atoms with van der Waals surface area (Å²) >= 11 is 12.0. The van der Waals surface area contributed by atoms with Crippen LogP contribution >= 0.6 is 23.2 Å². The van der Waals surface area contributed by atoms with Gasteiger partial charge in [0.05, 0.1) is 6.54 Å². The van der Waals surface area contributed by atoms with Crippen LogP contribution in [0.4, 0.5) is 5.69 Å². The van der Waals surface area contributed by atoms with Gasteiger partial charge in [0, 0.05) is 15.7 Å². The van der Waals surface area contributed by atoms with E-state index in [1.807, 2.05) is 44.2 Å². The minimum Gasteiger partial charge on any atom is -0.324 e. The van der Waals surface area contributed by atoms with Gasteiger partial charge in [-0.2, -0.15) is 0 Å². The van der Waals surface area contributed by atoms with E-state index < -0.39 is 0 Å². The fourth-order valence-electron chi connectivity index (χ4n) is 2.34. The zero-order chi connectivity index (χ0) is 16.8. The van der Waals surface area contributed by atoms with Gasteiger partial charge in [-0.05, 0) is 55.6 Å². The Labute approximate surface area is 147 Å². The molecule has 0 saturated heterocycles. The number of carbonyl (C=O) groups is 1. The van der Waals surface area contributed by atoms with E-state index in [0.29, 0.717) is 16.6 Å². The number of hydrogen-bond donors (Lipinski definition) is 2. The molecule has 0 aromatic heterocycles. The van der Waals surface area contributed by atoms with Gasteiger partial charge < -0.3 is 10.6 Å². The van der Waals surface area contributed by atoms with E-state index in [2.05, 4.69) is 10.6 Å². The van der Waals surface area contributed by atoms with Gasteiger partial charge in [0.2, 0.25) is 5.91 Å². The first kappa shape index (κ1) is 17.8. The van der Waals surface area contributed by atoms with Crippen LogP contribution in [0.5, 0.6) is 0 Å². The summed E-state index contributed by atoms with van der Waals surface area (Å²) in [5.41, 5.74) is 4.02. The largest absolute Gasteiger partial charge is 0.324 e. The van der Waals surface area contributed by atoms with E-state index >= 15 is 0 Å². The number of rotatable bonds is 6. The monoisotopic (exact) mass is 350 g/mol. The van der Waals surface area contributed by atoms with Crippen LogP contribution in [-0.2, 0) is 11.2 Å². The van der Waals surface area contributed by atoms with E-state index in [9.17, 15) is 4.79 Å². The van der Waals surface area contributed by atoms with E-state index in [1.54, 1.807) is 6.07 Å². The number of aryl methyl sites for hydroxylation is 2. The summed E-state index contributed by atoms with van der Waals surface area (Å²) in [6, 6.07) is 11.4. The number of para-hydroxylation sites is 1. The Morgan fingerprint density at radius 2 is 1.78 bits per heavy atom. The van der Waals surface area contributed by atoms with Crippen LogP contribution in [0.1, 0.15) is 16.7 Å². The van der Waals surface area contributed by atoms with Gasteiger partial charge in [-0.15, -0.1) is 0 Å². The first-order valence-corrected chi connectivity index (χ1v) is 8.23. The van der Waals surface area contributed by atoms with Crippen LogP contribution in [0.25, 0.3) is 0 Å². The van der Waals surface area contributed by atoms with Crippen LogP contribution < -0.4 is 10.6 Å². The molecular formula is C18H20Cl2N2O. The minimum atomic E-state index is -0.0513. The molecule has 3 nitrogen and oxygen atoms in total. The standard InChI is InChI=1S/C18H20Cl2N2O/c1-12-4-3-5-13(2)18(12)22-17(23)11-21-9-8-14-6-7-15(19)10-16(14)20/h3-7,10,21H,8-9,11H2,1-2H3,(H,22,23). The predicted molar refractivity (Wildman–Crippen MR) is 97.6 cm³/mol. The Morgan fingerprint density at radius 1 is 1.09 bits per heavy atom. The van der Waals surface area contributed by atoms with Crippen LogP contribution in [0.2, 0.25) is 10.0 Å². The van der Waals surface area contributed by atoms with Gasteiger partial charge in [-0.25, -0.2) is 0 Å². The van der Waals surface area contributed by atoms with E-state index in [4.69, 9.17) is 23.2 Å². The number of benzene rings is 2. The fourth-order valence-corrected chi connectivity index (χ4v) is 2.85. The average Bonchev–Trinajstić information content (AvgIpc) is 2.49. The van der Waals surface area contributed by atoms with E-state index in [0.717, 1.165) is 28.8 Å². The second-order valence-electron chi connectivity index (χ2n) is 5.48. The minimum absolute atomic E-state index is 0.0513. The molecule has 2 aromatic rings. The summed E-state index contributed by atoms with van der Waals surface area (Å²) in [7, 11) is 0.